The van der Waals surface area contributed by atoms with Gasteiger partial charge in [-0.25, -0.2) is 0 Å². The van der Waals surface area contributed by atoms with E-state index < -0.39 is 5.09 Å². The van der Waals surface area contributed by atoms with Gasteiger partial charge in [-0.05, 0) is 0 Å². The maximum Gasteiger partial charge on any atom is 0.0689 e. The van der Waals surface area contributed by atoms with E-state index in [1.165, 1.54) is 0 Å². The lowest BCUT2D eigenvalue weighted by molar-refractivity contribution is -0.402. The van der Waals surface area contributed by atoms with Gasteiger partial charge in [0.2, 0.25) is 0 Å². The van der Waals surface area contributed by atoms with E-state index in [0.29, 0.717) is 0 Å². The summed E-state index contributed by atoms with van der Waals surface area (Å²) in [5, 5.41) is 14.8. The van der Waals surface area contributed by atoms with Crippen molar-refractivity contribution in [2.45, 2.75) is 0 Å². The molecule has 0 saturated heterocycles. The summed E-state index contributed by atoms with van der Waals surface area (Å²) in [4.78, 5) is 8.25. The van der Waals surface area contributed by atoms with Crippen molar-refractivity contribution < 1.29 is 23.9 Å². The van der Waals surface area contributed by atoms with E-state index in [2.05, 4.69) is 0 Å². The molecule has 0 saturated carbocycles. The Bertz CT molecular complexity index is 34.3. The molecule has 0 unspecified atom stereocenters. The monoisotopic (exact) mass is 142 g/mol. The maximum atomic E-state index is 8.25. The van der Waals surface area contributed by atoms with Crippen LogP contribution in [0.1, 0.15) is 0 Å². The number of nitrogens with zero attached hydrogens (tertiary/aromatic N) is 1. The van der Waals surface area contributed by atoms with Gasteiger partial charge in [-0.3, -0.25) is 18.8 Å². The molecular formula is H4F4NO3-. The summed E-state index contributed by atoms with van der Waals surface area (Å²) in [6, 6.07) is 0. The van der Waals surface area contributed by atoms with Crippen molar-refractivity contribution in [3.63, 3.8) is 0 Å². The molecule has 0 spiro atoms. The van der Waals surface area contributed by atoms with E-state index >= 15 is 0 Å². The highest BCUT2D eigenvalue weighted by atomic mass is 19.0. The smallest absolute Gasteiger partial charge is 0.0689 e. The Balaban J connectivity index is -0.00000000750. The fourth-order valence-corrected chi connectivity index (χ4v) is 0. The molecule has 0 bridgehead atoms. The van der Waals surface area contributed by atoms with Crippen LogP contribution in [0.3, 0.4) is 0 Å². The Morgan fingerprint density at radius 3 is 0.875 bits per heavy atom. The lowest BCUT2D eigenvalue weighted by Gasteiger charge is -1.74. The van der Waals surface area contributed by atoms with Crippen LogP contribution in [0.2, 0.25) is 0 Å². The zero-order valence-corrected chi connectivity index (χ0v) is 3.30. The normalized spacial score (nSPS) is 3.00. The molecule has 0 aliphatic heterocycles. The molecule has 0 aromatic heterocycles. The van der Waals surface area contributed by atoms with Gasteiger partial charge >= 0.3 is 0 Å². The molecular weight excluding hydrogens is 138 g/mol. The SMILES string of the molecule is F.F.F.F.O=[N+]([O-])[O-]. The van der Waals surface area contributed by atoms with Crippen LogP contribution in [0.15, 0.2) is 0 Å². The topological polar surface area (TPSA) is 66.2 Å². The second-order valence-electron chi connectivity index (χ2n) is 0.224. The molecule has 0 heterocycles. The van der Waals surface area contributed by atoms with Gasteiger partial charge in [0.25, 0.3) is 0 Å². The highest BCUT2D eigenvalue weighted by Gasteiger charge is 1.45. The second-order valence-corrected chi connectivity index (χ2v) is 0.224. The summed E-state index contributed by atoms with van der Waals surface area (Å²) >= 11 is 0. The molecule has 0 radical (unpaired) electrons. The zero-order chi connectivity index (χ0) is 3.58. The van der Waals surface area contributed by atoms with Gasteiger partial charge in [0.15, 0.2) is 0 Å². The van der Waals surface area contributed by atoms with Gasteiger partial charge in [0.05, 0.1) is 5.09 Å². The predicted molar refractivity (Wildman–Crippen MR) is 20.4 cm³/mol. The summed E-state index contributed by atoms with van der Waals surface area (Å²) in [6.07, 6.45) is 0. The second kappa shape index (κ2) is 38.9. The average Bonchev–Trinajstić information content (AvgIpc) is 0.811. The Hall–Kier alpha value is -1.08. The van der Waals surface area contributed by atoms with Crippen molar-refractivity contribution in [3.05, 3.63) is 15.3 Å². The minimum absolute atomic E-state index is 0. The largest absolute Gasteiger partial charge is 0.356 e. The average molecular weight is 142 g/mol. The third-order valence-corrected chi connectivity index (χ3v) is 0. The molecule has 0 atom stereocenters. The summed E-state index contributed by atoms with van der Waals surface area (Å²) in [6.45, 7) is 0. The number of halogens is 4. The lowest BCUT2D eigenvalue weighted by atomic mass is 13.1. The van der Waals surface area contributed by atoms with Gasteiger partial charge in [-0.15, -0.1) is 0 Å². The zero-order valence-electron chi connectivity index (χ0n) is 3.30. The Morgan fingerprint density at radius 2 is 0.875 bits per heavy atom. The van der Waals surface area contributed by atoms with Gasteiger partial charge in [0, 0.05) is 0 Å². The van der Waals surface area contributed by atoms with Crippen LogP contribution in [-0.2, 0) is 0 Å². The molecule has 8 heteroatoms. The summed E-state index contributed by atoms with van der Waals surface area (Å²) in [5.74, 6) is 0. The summed E-state index contributed by atoms with van der Waals surface area (Å²) in [7, 11) is 0. The number of hydrogen-bond acceptors (Lipinski definition) is 3. The van der Waals surface area contributed by atoms with Gasteiger partial charge in [-0.1, -0.05) is 0 Å². The van der Waals surface area contributed by atoms with Gasteiger partial charge in [0.1, 0.15) is 0 Å². The van der Waals surface area contributed by atoms with Crippen LogP contribution in [0, 0.1) is 15.3 Å². The third-order valence-electron chi connectivity index (χ3n) is 0. The Labute approximate surface area is 40.7 Å². The minimum Gasteiger partial charge on any atom is -0.356 e. The van der Waals surface area contributed by atoms with E-state index in [4.69, 9.17) is 15.3 Å². The van der Waals surface area contributed by atoms with E-state index in [1.807, 2.05) is 0 Å². The van der Waals surface area contributed by atoms with Crippen molar-refractivity contribution in [1.82, 2.24) is 0 Å². The molecule has 0 rings (SSSR count). The molecule has 0 aromatic carbocycles. The molecule has 0 fully saturated rings. The van der Waals surface area contributed by atoms with Gasteiger partial charge < -0.3 is 15.3 Å². The van der Waals surface area contributed by atoms with E-state index in [1.54, 1.807) is 0 Å². The number of rotatable bonds is 0. The Morgan fingerprint density at radius 1 is 0.875 bits per heavy atom. The standard InChI is InChI=1S/4FH.NO3/c;;;;2-1(3)4/h4*1H;/q;;;;-1. The fourth-order valence-electron chi connectivity index (χ4n) is 0. The summed E-state index contributed by atoms with van der Waals surface area (Å²) < 4.78 is 0. The first-order valence-corrected chi connectivity index (χ1v) is 0.548. The van der Waals surface area contributed by atoms with Crippen molar-refractivity contribution in [1.29, 1.82) is 0 Å². The predicted octanol–water partition coefficient (Wildman–Crippen LogP) is 0.371. The maximum absolute atomic E-state index is 8.25. The molecule has 0 aliphatic rings. The van der Waals surface area contributed by atoms with Crippen LogP contribution >= 0.6 is 0 Å². The van der Waals surface area contributed by atoms with E-state index in [0.717, 1.165) is 0 Å². The van der Waals surface area contributed by atoms with Crippen LogP contribution in [0.25, 0.3) is 0 Å². The highest BCUT2D eigenvalue weighted by molar-refractivity contribution is 4.03. The fraction of sp³-hybridized carbons (Fsp3) is 0. The first-order valence-electron chi connectivity index (χ1n) is 0.548. The molecule has 0 N–H and O–H groups in total. The van der Waals surface area contributed by atoms with Crippen LogP contribution in [0.4, 0.5) is 18.8 Å². The lowest BCUT2D eigenvalue weighted by Crippen LogP contribution is -1.74. The van der Waals surface area contributed by atoms with Crippen molar-refractivity contribution >= 4 is 0 Å². The Kier molecular flexibility index (Phi) is 320. The van der Waals surface area contributed by atoms with E-state index in [-0.39, 0.29) is 18.8 Å². The van der Waals surface area contributed by atoms with E-state index in [9.17, 15) is 0 Å². The van der Waals surface area contributed by atoms with Crippen LogP contribution < -0.4 is 0 Å². The summed E-state index contributed by atoms with van der Waals surface area (Å²) in [5.41, 5.74) is 0. The first kappa shape index (κ1) is 65.8. The molecule has 8 heavy (non-hydrogen) atoms. The van der Waals surface area contributed by atoms with Crippen molar-refractivity contribution in [3.8, 4) is 0 Å². The van der Waals surface area contributed by atoms with Crippen LogP contribution in [-0.4, -0.2) is 5.09 Å². The van der Waals surface area contributed by atoms with Crippen molar-refractivity contribution in [2.24, 2.45) is 0 Å². The van der Waals surface area contributed by atoms with Crippen molar-refractivity contribution in [2.75, 3.05) is 0 Å². The molecule has 0 amide bonds. The quantitative estimate of drug-likeness (QED) is 0.279. The molecule has 56 valence electrons. The highest BCUT2D eigenvalue weighted by Crippen LogP contribution is 1.44. The molecule has 4 nitrogen and oxygen atoms in total. The van der Waals surface area contributed by atoms with Crippen LogP contribution in [0.5, 0.6) is 0 Å². The third kappa shape index (κ3) is 64.8. The minimum atomic E-state index is -1.75. The molecule has 0 aromatic rings. The van der Waals surface area contributed by atoms with Gasteiger partial charge in [-0.2, -0.15) is 0 Å². The first-order chi connectivity index (χ1) is 1.73. The number of hydrogen-bond donors (Lipinski definition) is 0. The molecule has 0 aliphatic carbocycles.